The summed E-state index contributed by atoms with van der Waals surface area (Å²) in [6, 6.07) is 9.11. The largest absolute Gasteiger partial charge is 0.493 e. The molecule has 8 nitrogen and oxygen atoms in total. The van der Waals surface area contributed by atoms with Crippen molar-refractivity contribution in [3.8, 4) is 23.0 Å². The van der Waals surface area contributed by atoms with Gasteiger partial charge in [0.2, 0.25) is 0 Å². The van der Waals surface area contributed by atoms with Crippen molar-refractivity contribution in [1.82, 2.24) is 0 Å². The minimum atomic E-state index is -0.809. The van der Waals surface area contributed by atoms with Crippen LogP contribution in [0.3, 0.4) is 0 Å². The summed E-state index contributed by atoms with van der Waals surface area (Å²) in [6.07, 6.45) is 0.298. The lowest BCUT2D eigenvalue weighted by Crippen LogP contribution is -2.41. The molecule has 1 aliphatic carbocycles. The van der Waals surface area contributed by atoms with E-state index in [0.29, 0.717) is 29.4 Å². The van der Waals surface area contributed by atoms with Crippen molar-refractivity contribution in [1.29, 1.82) is 0 Å². The van der Waals surface area contributed by atoms with Gasteiger partial charge in [-0.05, 0) is 47.4 Å². The fourth-order valence-corrected chi connectivity index (χ4v) is 4.44. The van der Waals surface area contributed by atoms with Gasteiger partial charge in [0.25, 0.3) is 0 Å². The number of rotatable bonds is 7. The van der Waals surface area contributed by atoms with E-state index < -0.39 is 29.7 Å². The quantitative estimate of drug-likeness (QED) is 0.602. The maximum Gasteiger partial charge on any atom is 0.310 e. The molecule has 0 spiro atoms. The predicted molar refractivity (Wildman–Crippen MR) is 116 cm³/mol. The minimum Gasteiger partial charge on any atom is -0.493 e. The molecule has 172 valence electrons. The van der Waals surface area contributed by atoms with Gasteiger partial charge in [-0.25, -0.2) is 0 Å². The fraction of sp³-hybridized carbons (Fsp3) is 0.417. The molecule has 3 rings (SSSR count). The number of hydrogen-bond acceptors (Lipinski definition) is 8. The number of methoxy groups -OCH3 is 6. The highest BCUT2D eigenvalue weighted by Crippen LogP contribution is 2.49. The van der Waals surface area contributed by atoms with E-state index in [4.69, 9.17) is 28.4 Å². The summed E-state index contributed by atoms with van der Waals surface area (Å²) in [4.78, 5) is 25.8. The van der Waals surface area contributed by atoms with Crippen molar-refractivity contribution < 1.29 is 38.0 Å². The zero-order valence-electron chi connectivity index (χ0n) is 19.1. The molecule has 0 aromatic heterocycles. The van der Waals surface area contributed by atoms with E-state index in [-0.39, 0.29) is 0 Å². The van der Waals surface area contributed by atoms with E-state index in [1.54, 1.807) is 40.6 Å². The zero-order chi connectivity index (χ0) is 23.4. The number of benzene rings is 2. The average Bonchev–Trinajstić information content (AvgIpc) is 2.84. The van der Waals surface area contributed by atoms with Crippen LogP contribution in [0.5, 0.6) is 23.0 Å². The topological polar surface area (TPSA) is 89.5 Å². The molecule has 0 fully saturated rings. The van der Waals surface area contributed by atoms with Crippen molar-refractivity contribution in [3.63, 3.8) is 0 Å². The number of hydrogen-bond donors (Lipinski definition) is 0. The maximum absolute atomic E-state index is 13.0. The normalized spacial score (nSPS) is 19.4. The Labute approximate surface area is 187 Å². The predicted octanol–water partition coefficient (Wildman–Crippen LogP) is 2.99. The summed E-state index contributed by atoms with van der Waals surface area (Å²) < 4.78 is 32.0. The van der Waals surface area contributed by atoms with Crippen LogP contribution in [0.2, 0.25) is 0 Å². The minimum absolute atomic E-state index is 0.298. The van der Waals surface area contributed by atoms with Crippen LogP contribution < -0.4 is 18.9 Å². The van der Waals surface area contributed by atoms with Crippen LogP contribution in [0.25, 0.3) is 0 Å². The Morgan fingerprint density at radius 3 is 1.84 bits per heavy atom. The van der Waals surface area contributed by atoms with Crippen molar-refractivity contribution in [2.75, 3.05) is 42.7 Å². The third-order valence-electron chi connectivity index (χ3n) is 5.96. The van der Waals surface area contributed by atoms with Crippen LogP contribution in [0.15, 0.2) is 30.3 Å². The van der Waals surface area contributed by atoms with Crippen LogP contribution in [-0.4, -0.2) is 54.6 Å². The lowest BCUT2D eigenvalue weighted by atomic mass is 9.66. The lowest BCUT2D eigenvalue weighted by Gasteiger charge is -2.37. The Morgan fingerprint density at radius 2 is 1.28 bits per heavy atom. The number of esters is 2. The van der Waals surface area contributed by atoms with Crippen LogP contribution in [0.1, 0.15) is 22.6 Å². The Balaban J connectivity index is 2.30. The highest BCUT2D eigenvalue weighted by molar-refractivity contribution is 5.85. The maximum atomic E-state index is 13.0. The van der Waals surface area contributed by atoms with Gasteiger partial charge in [0.05, 0.1) is 54.5 Å². The van der Waals surface area contributed by atoms with E-state index in [9.17, 15) is 9.59 Å². The number of ether oxygens (including phenoxy) is 6. The summed E-state index contributed by atoms with van der Waals surface area (Å²) in [7, 11) is 8.81. The molecule has 0 aliphatic heterocycles. The molecule has 32 heavy (non-hydrogen) atoms. The van der Waals surface area contributed by atoms with Crippen molar-refractivity contribution in [2.24, 2.45) is 11.8 Å². The molecular weight excluding hydrogens is 416 g/mol. The summed E-state index contributed by atoms with van der Waals surface area (Å²) in [5.41, 5.74) is 2.46. The summed E-state index contributed by atoms with van der Waals surface area (Å²) in [6.45, 7) is 0. The third kappa shape index (κ3) is 4.04. The first kappa shape index (κ1) is 23.2. The summed E-state index contributed by atoms with van der Waals surface area (Å²) in [5.74, 6) is -0.919. The van der Waals surface area contributed by atoms with E-state index in [1.807, 2.05) is 18.2 Å². The van der Waals surface area contributed by atoms with Crippen LogP contribution in [0.4, 0.5) is 0 Å². The van der Waals surface area contributed by atoms with Gasteiger partial charge in [-0.3, -0.25) is 9.59 Å². The molecule has 1 aliphatic rings. The molecule has 0 radical (unpaired) electrons. The van der Waals surface area contributed by atoms with Gasteiger partial charge in [-0.2, -0.15) is 0 Å². The molecule has 0 saturated carbocycles. The Kier molecular flexibility index (Phi) is 7.12. The monoisotopic (exact) mass is 444 g/mol. The molecule has 0 heterocycles. The van der Waals surface area contributed by atoms with E-state index >= 15 is 0 Å². The SMILES string of the molecule is COC(=O)[C@@H]1[C@@H](c2ccc(OC)c(OC)c2)c2cc(OC)c(OC)cc2C[C@@H]1C(=O)OC. The number of fused-ring (bicyclic) bond motifs is 1. The number of carbonyl (C=O) groups excluding carboxylic acids is 2. The van der Waals surface area contributed by atoms with Crippen molar-refractivity contribution in [2.45, 2.75) is 12.3 Å². The van der Waals surface area contributed by atoms with Gasteiger partial charge in [0.1, 0.15) is 0 Å². The highest BCUT2D eigenvalue weighted by Gasteiger charge is 2.47. The van der Waals surface area contributed by atoms with Gasteiger partial charge in [0.15, 0.2) is 23.0 Å². The first-order valence-electron chi connectivity index (χ1n) is 10.1. The van der Waals surface area contributed by atoms with Crippen LogP contribution in [-0.2, 0) is 25.5 Å². The molecule has 0 amide bonds. The molecule has 8 heteroatoms. The van der Waals surface area contributed by atoms with Gasteiger partial charge in [-0.1, -0.05) is 6.07 Å². The standard InChI is InChI=1S/C24H28O8/c1-27-17-8-7-13(10-18(17)28-2)21-15-12-20(30-4)19(29-3)11-14(15)9-16(23(25)31-5)22(21)24(26)32-6/h7-8,10-12,16,21-22H,9H2,1-6H3/t16-,21-,22-/m0/s1. The molecule has 0 unspecified atom stereocenters. The van der Waals surface area contributed by atoms with Gasteiger partial charge in [0, 0.05) is 5.92 Å². The Hall–Kier alpha value is -3.42. The lowest BCUT2D eigenvalue weighted by molar-refractivity contribution is -0.158. The summed E-state index contributed by atoms with van der Waals surface area (Å²) in [5, 5.41) is 0. The molecule has 3 atom stereocenters. The second kappa shape index (κ2) is 9.80. The van der Waals surface area contributed by atoms with E-state index in [2.05, 4.69) is 0 Å². The van der Waals surface area contributed by atoms with Gasteiger partial charge in [-0.15, -0.1) is 0 Å². The van der Waals surface area contributed by atoms with Crippen LogP contribution >= 0.6 is 0 Å². The van der Waals surface area contributed by atoms with E-state index in [1.165, 1.54) is 14.2 Å². The van der Waals surface area contributed by atoms with Crippen molar-refractivity contribution >= 4 is 11.9 Å². The fourth-order valence-electron chi connectivity index (χ4n) is 4.44. The Bertz CT molecular complexity index is 1000. The van der Waals surface area contributed by atoms with Crippen LogP contribution in [0, 0.1) is 11.8 Å². The van der Waals surface area contributed by atoms with Gasteiger partial charge < -0.3 is 28.4 Å². The first-order chi connectivity index (χ1) is 15.4. The zero-order valence-corrected chi connectivity index (χ0v) is 19.1. The highest BCUT2D eigenvalue weighted by atomic mass is 16.5. The molecule has 2 aromatic rings. The number of carbonyl (C=O) groups is 2. The second-order valence-electron chi connectivity index (χ2n) is 7.38. The van der Waals surface area contributed by atoms with Gasteiger partial charge >= 0.3 is 11.9 Å². The molecule has 0 saturated heterocycles. The molecular formula is C24H28O8. The third-order valence-corrected chi connectivity index (χ3v) is 5.96. The average molecular weight is 444 g/mol. The van der Waals surface area contributed by atoms with E-state index in [0.717, 1.165) is 16.7 Å². The molecule has 0 bridgehead atoms. The smallest absolute Gasteiger partial charge is 0.310 e. The molecule has 2 aromatic carbocycles. The second-order valence-corrected chi connectivity index (χ2v) is 7.38. The first-order valence-corrected chi connectivity index (χ1v) is 10.1. The Morgan fingerprint density at radius 1 is 0.719 bits per heavy atom. The summed E-state index contributed by atoms with van der Waals surface area (Å²) >= 11 is 0. The molecule has 0 N–H and O–H groups in total. The van der Waals surface area contributed by atoms with Crippen molar-refractivity contribution in [3.05, 3.63) is 47.0 Å².